The van der Waals surface area contributed by atoms with Crippen LogP contribution in [0.2, 0.25) is 0 Å². The minimum atomic E-state index is -0.513. The lowest BCUT2D eigenvalue weighted by molar-refractivity contribution is -0.0106. The molecule has 102 valence electrons. The third-order valence-corrected chi connectivity index (χ3v) is 3.77. The molecule has 6 nitrogen and oxygen atoms in total. The van der Waals surface area contributed by atoms with Crippen LogP contribution in [0.25, 0.3) is 0 Å². The van der Waals surface area contributed by atoms with E-state index < -0.39 is 5.60 Å². The van der Waals surface area contributed by atoms with Gasteiger partial charge in [0.15, 0.2) is 0 Å². The number of nitrogens with two attached hydrogens (primary N) is 1. The van der Waals surface area contributed by atoms with Crippen molar-refractivity contribution in [2.45, 2.75) is 44.2 Å². The fourth-order valence-corrected chi connectivity index (χ4v) is 2.00. The molecule has 3 unspecified atom stereocenters. The molecule has 2 heterocycles. The fraction of sp³-hybridized carbons (Fsp3) is 0.833. The van der Waals surface area contributed by atoms with Crippen molar-refractivity contribution < 1.29 is 14.0 Å². The standard InChI is InChI=1S/C12H21N3O3/c1-4-12(2,16-3)11-14-10(18-15-11)8-7-17-6-5-9(8)13/h8-9H,4-7,13H2,1-3H3. The van der Waals surface area contributed by atoms with Gasteiger partial charge in [0.05, 0.1) is 12.5 Å². The van der Waals surface area contributed by atoms with Crippen molar-refractivity contribution >= 4 is 0 Å². The zero-order valence-corrected chi connectivity index (χ0v) is 11.2. The highest BCUT2D eigenvalue weighted by molar-refractivity contribution is 5.05. The Morgan fingerprint density at radius 2 is 2.33 bits per heavy atom. The Bertz CT molecular complexity index is 390. The van der Waals surface area contributed by atoms with Crippen LogP contribution in [-0.4, -0.2) is 36.5 Å². The van der Waals surface area contributed by atoms with E-state index in [1.54, 1.807) is 7.11 Å². The summed E-state index contributed by atoms with van der Waals surface area (Å²) < 4.78 is 16.2. The second-order valence-electron chi connectivity index (χ2n) is 4.88. The molecule has 2 N–H and O–H groups in total. The zero-order chi connectivity index (χ0) is 13.2. The lowest BCUT2D eigenvalue weighted by atomic mass is 9.96. The van der Waals surface area contributed by atoms with Crippen molar-refractivity contribution in [1.82, 2.24) is 10.1 Å². The highest BCUT2D eigenvalue weighted by atomic mass is 16.5. The van der Waals surface area contributed by atoms with Gasteiger partial charge in [-0.05, 0) is 19.8 Å². The molecule has 0 saturated carbocycles. The Labute approximate surface area is 107 Å². The van der Waals surface area contributed by atoms with E-state index in [-0.39, 0.29) is 12.0 Å². The number of nitrogens with zero attached hydrogens (tertiary/aromatic N) is 2. The molecule has 1 aliphatic heterocycles. The Hall–Kier alpha value is -0.980. The van der Waals surface area contributed by atoms with E-state index in [0.717, 1.165) is 12.8 Å². The largest absolute Gasteiger partial charge is 0.381 e. The number of hydrogen-bond acceptors (Lipinski definition) is 6. The van der Waals surface area contributed by atoms with E-state index in [1.807, 2.05) is 13.8 Å². The normalized spacial score (nSPS) is 28.0. The number of ether oxygens (including phenoxy) is 2. The molecule has 0 bridgehead atoms. The van der Waals surface area contributed by atoms with Gasteiger partial charge in [0.2, 0.25) is 11.7 Å². The van der Waals surface area contributed by atoms with Crippen LogP contribution < -0.4 is 5.73 Å². The Kier molecular flexibility index (Phi) is 3.99. The van der Waals surface area contributed by atoms with Crippen molar-refractivity contribution in [2.24, 2.45) is 5.73 Å². The maximum atomic E-state index is 6.06. The van der Waals surface area contributed by atoms with Gasteiger partial charge in [-0.2, -0.15) is 4.98 Å². The summed E-state index contributed by atoms with van der Waals surface area (Å²) in [6, 6.07) is 0.0162. The molecule has 2 rings (SSSR count). The molecule has 1 fully saturated rings. The van der Waals surface area contributed by atoms with Crippen molar-refractivity contribution in [1.29, 1.82) is 0 Å². The highest BCUT2D eigenvalue weighted by Gasteiger charge is 2.34. The smallest absolute Gasteiger partial charge is 0.233 e. The topological polar surface area (TPSA) is 83.4 Å². The van der Waals surface area contributed by atoms with Gasteiger partial charge in [-0.15, -0.1) is 0 Å². The lowest BCUT2D eigenvalue weighted by Gasteiger charge is -2.25. The molecule has 0 aromatic carbocycles. The average molecular weight is 255 g/mol. The molecular formula is C12H21N3O3. The molecule has 1 aromatic heterocycles. The first kappa shape index (κ1) is 13.5. The van der Waals surface area contributed by atoms with E-state index in [2.05, 4.69) is 10.1 Å². The van der Waals surface area contributed by atoms with Gasteiger partial charge in [-0.1, -0.05) is 12.1 Å². The summed E-state index contributed by atoms with van der Waals surface area (Å²) in [5.74, 6) is 1.10. The van der Waals surface area contributed by atoms with E-state index >= 15 is 0 Å². The number of aromatic nitrogens is 2. The molecular weight excluding hydrogens is 234 g/mol. The van der Waals surface area contributed by atoms with Crippen molar-refractivity contribution in [2.75, 3.05) is 20.3 Å². The third-order valence-electron chi connectivity index (χ3n) is 3.77. The van der Waals surface area contributed by atoms with Crippen LogP contribution in [0.3, 0.4) is 0 Å². The van der Waals surface area contributed by atoms with Crippen LogP contribution >= 0.6 is 0 Å². The van der Waals surface area contributed by atoms with Gasteiger partial charge >= 0.3 is 0 Å². The van der Waals surface area contributed by atoms with E-state index in [0.29, 0.717) is 24.9 Å². The predicted octanol–water partition coefficient (Wildman–Crippen LogP) is 1.17. The van der Waals surface area contributed by atoms with Crippen LogP contribution in [0.5, 0.6) is 0 Å². The van der Waals surface area contributed by atoms with E-state index in [4.69, 9.17) is 19.7 Å². The van der Waals surface area contributed by atoms with E-state index in [1.165, 1.54) is 0 Å². The first-order valence-corrected chi connectivity index (χ1v) is 6.33. The zero-order valence-electron chi connectivity index (χ0n) is 11.2. The summed E-state index contributed by atoms with van der Waals surface area (Å²) in [5, 5.41) is 4.02. The summed E-state index contributed by atoms with van der Waals surface area (Å²) in [4.78, 5) is 4.44. The molecule has 0 amide bonds. The van der Waals surface area contributed by atoms with Gasteiger partial charge in [-0.3, -0.25) is 0 Å². The van der Waals surface area contributed by atoms with Crippen molar-refractivity contribution in [3.8, 4) is 0 Å². The monoisotopic (exact) mass is 255 g/mol. The maximum Gasteiger partial charge on any atom is 0.233 e. The molecule has 1 aliphatic rings. The van der Waals surface area contributed by atoms with Crippen LogP contribution in [-0.2, 0) is 15.1 Å². The van der Waals surface area contributed by atoms with Crippen LogP contribution in [0, 0.1) is 0 Å². The molecule has 6 heteroatoms. The van der Waals surface area contributed by atoms with Gasteiger partial charge in [0, 0.05) is 19.8 Å². The minimum absolute atomic E-state index is 0.0158. The fourth-order valence-electron chi connectivity index (χ4n) is 2.00. The first-order chi connectivity index (χ1) is 8.60. The average Bonchev–Trinajstić information content (AvgIpc) is 2.88. The first-order valence-electron chi connectivity index (χ1n) is 6.33. The SMILES string of the molecule is CCC(C)(OC)c1noc(C2COCCC2N)n1. The second-order valence-corrected chi connectivity index (χ2v) is 4.88. The second kappa shape index (κ2) is 5.34. The molecule has 1 aromatic rings. The van der Waals surface area contributed by atoms with Crippen molar-refractivity contribution in [3.63, 3.8) is 0 Å². The summed E-state index contributed by atoms with van der Waals surface area (Å²) in [6.07, 6.45) is 1.59. The van der Waals surface area contributed by atoms with Crippen LogP contribution in [0.4, 0.5) is 0 Å². The van der Waals surface area contributed by atoms with Gasteiger partial charge in [0.1, 0.15) is 5.60 Å². The minimum Gasteiger partial charge on any atom is -0.381 e. The van der Waals surface area contributed by atoms with Crippen LogP contribution in [0.1, 0.15) is 44.3 Å². The molecule has 18 heavy (non-hydrogen) atoms. The summed E-state index contributed by atoms with van der Waals surface area (Å²) in [6.45, 7) is 5.20. The quantitative estimate of drug-likeness (QED) is 0.869. The molecule has 3 atom stereocenters. The predicted molar refractivity (Wildman–Crippen MR) is 65.1 cm³/mol. The lowest BCUT2D eigenvalue weighted by Crippen LogP contribution is -2.37. The van der Waals surface area contributed by atoms with Gasteiger partial charge in [0.25, 0.3) is 0 Å². The Morgan fingerprint density at radius 1 is 1.56 bits per heavy atom. The molecule has 0 aliphatic carbocycles. The Balaban J connectivity index is 2.19. The van der Waals surface area contributed by atoms with Gasteiger partial charge in [-0.25, -0.2) is 0 Å². The summed E-state index contributed by atoms with van der Waals surface area (Å²) in [5.41, 5.74) is 5.54. The third kappa shape index (κ3) is 2.41. The number of methoxy groups -OCH3 is 1. The maximum absolute atomic E-state index is 6.06. The summed E-state index contributed by atoms with van der Waals surface area (Å²) in [7, 11) is 1.65. The number of hydrogen-bond donors (Lipinski definition) is 1. The van der Waals surface area contributed by atoms with Crippen LogP contribution in [0.15, 0.2) is 4.52 Å². The highest BCUT2D eigenvalue weighted by Crippen LogP contribution is 2.29. The molecule has 0 radical (unpaired) electrons. The van der Waals surface area contributed by atoms with E-state index in [9.17, 15) is 0 Å². The molecule has 1 saturated heterocycles. The number of rotatable bonds is 4. The Morgan fingerprint density at radius 3 is 2.94 bits per heavy atom. The summed E-state index contributed by atoms with van der Waals surface area (Å²) >= 11 is 0. The van der Waals surface area contributed by atoms with Crippen molar-refractivity contribution in [3.05, 3.63) is 11.7 Å². The van der Waals surface area contributed by atoms with Gasteiger partial charge < -0.3 is 19.7 Å². The molecule has 0 spiro atoms.